The van der Waals surface area contributed by atoms with E-state index in [0.717, 1.165) is 33.5 Å². The average molecular weight is 548 g/mol. The van der Waals surface area contributed by atoms with E-state index in [1.165, 1.54) is 0 Å². The fourth-order valence-electron chi connectivity index (χ4n) is 4.23. The number of fused-ring (bicyclic) bond motifs is 1. The highest BCUT2D eigenvalue weighted by molar-refractivity contribution is 6.33. The zero-order valence-corrected chi connectivity index (χ0v) is 21.8. The molecule has 0 unspecified atom stereocenters. The van der Waals surface area contributed by atoms with Gasteiger partial charge in [-0.05, 0) is 72.3 Å². The van der Waals surface area contributed by atoms with Crippen LogP contribution in [-0.2, 0) is 11.3 Å². The van der Waals surface area contributed by atoms with Gasteiger partial charge in [0.25, 0.3) is 0 Å². The van der Waals surface area contributed by atoms with E-state index in [9.17, 15) is 9.90 Å². The minimum atomic E-state index is -0.482. The second kappa shape index (κ2) is 10.9. The molecule has 0 saturated carbocycles. The van der Waals surface area contributed by atoms with Gasteiger partial charge in [0.1, 0.15) is 18.1 Å². The molecule has 0 spiro atoms. The maximum absolute atomic E-state index is 12.6. The van der Waals surface area contributed by atoms with Crippen LogP contribution >= 0.6 is 11.6 Å². The van der Waals surface area contributed by atoms with E-state index < -0.39 is 5.97 Å². The molecule has 0 radical (unpaired) electrons. The van der Waals surface area contributed by atoms with Gasteiger partial charge in [-0.2, -0.15) is 0 Å². The Hall–Kier alpha value is -5.21. The largest absolute Gasteiger partial charge is 0.508 e. The molecule has 6 aromatic rings. The SMILES string of the molecule is O=C(OCc1ccccc1)c1ccc(Nc2cccc3nc(-c4cn(-c5ccc(O)cc5)nn4)ccc23)cc1Cl. The third-order valence-electron chi connectivity index (χ3n) is 6.28. The number of phenolic OH excluding ortho intramolecular Hbond substituents is 1. The highest BCUT2D eigenvalue weighted by Crippen LogP contribution is 2.30. The number of esters is 1. The Bertz CT molecular complexity index is 1820. The van der Waals surface area contributed by atoms with Gasteiger partial charge in [0.05, 0.1) is 33.7 Å². The molecule has 2 N–H and O–H groups in total. The van der Waals surface area contributed by atoms with Crippen molar-refractivity contribution in [1.29, 1.82) is 0 Å². The van der Waals surface area contributed by atoms with E-state index in [4.69, 9.17) is 21.3 Å². The Morgan fingerprint density at radius 2 is 1.73 bits per heavy atom. The van der Waals surface area contributed by atoms with Gasteiger partial charge in [-0.15, -0.1) is 5.10 Å². The highest BCUT2D eigenvalue weighted by atomic mass is 35.5. The molecule has 0 amide bonds. The molecule has 9 heteroatoms. The van der Waals surface area contributed by atoms with E-state index in [-0.39, 0.29) is 12.4 Å². The first-order chi connectivity index (χ1) is 19.5. The number of hydrogen-bond acceptors (Lipinski definition) is 7. The number of phenols is 1. The number of nitrogens with zero attached hydrogens (tertiary/aromatic N) is 4. The zero-order chi connectivity index (χ0) is 27.5. The number of benzene rings is 4. The number of aromatic nitrogens is 4. The van der Waals surface area contributed by atoms with Crippen molar-refractivity contribution in [3.63, 3.8) is 0 Å². The Morgan fingerprint density at radius 3 is 2.52 bits per heavy atom. The summed E-state index contributed by atoms with van der Waals surface area (Å²) >= 11 is 6.45. The van der Waals surface area contributed by atoms with Crippen molar-refractivity contribution in [3.05, 3.63) is 125 Å². The summed E-state index contributed by atoms with van der Waals surface area (Å²) in [7, 11) is 0. The van der Waals surface area contributed by atoms with Crippen molar-refractivity contribution < 1.29 is 14.6 Å². The Morgan fingerprint density at radius 1 is 0.900 bits per heavy atom. The molecule has 0 bridgehead atoms. The van der Waals surface area contributed by atoms with Crippen molar-refractivity contribution in [2.45, 2.75) is 6.61 Å². The lowest BCUT2D eigenvalue weighted by molar-refractivity contribution is 0.0473. The second-order valence-electron chi connectivity index (χ2n) is 9.01. The summed E-state index contributed by atoms with van der Waals surface area (Å²) < 4.78 is 7.05. The van der Waals surface area contributed by atoms with E-state index in [1.54, 1.807) is 53.3 Å². The van der Waals surface area contributed by atoms with Crippen molar-refractivity contribution in [3.8, 4) is 22.8 Å². The second-order valence-corrected chi connectivity index (χ2v) is 9.42. The Kier molecular flexibility index (Phi) is 6.82. The predicted molar refractivity (Wildman–Crippen MR) is 154 cm³/mol. The molecule has 40 heavy (non-hydrogen) atoms. The minimum Gasteiger partial charge on any atom is -0.508 e. The smallest absolute Gasteiger partial charge is 0.339 e. The topological polar surface area (TPSA) is 102 Å². The van der Waals surface area contributed by atoms with Crippen LogP contribution in [0, 0.1) is 0 Å². The molecule has 0 saturated heterocycles. The summed E-state index contributed by atoms with van der Waals surface area (Å²) in [6.07, 6.45) is 1.79. The van der Waals surface area contributed by atoms with E-state index >= 15 is 0 Å². The molecule has 0 fully saturated rings. The summed E-state index contributed by atoms with van der Waals surface area (Å²) in [4.78, 5) is 17.4. The minimum absolute atomic E-state index is 0.175. The summed E-state index contributed by atoms with van der Waals surface area (Å²) in [5.74, 6) is -0.297. The molecule has 0 aliphatic rings. The fraction of sp³-hybridized carbons (Fsp3) is 0.0323. The molecule has 196 valence electrons. The molecule has 2 heterocycles. The summed E-state index contributed by atoms with van der Waals surface area (Å²) in [6, 6.07) is 30.9. The standard InChI is InChI=1S/C31H22ClN5O3/c32-26-17-21(9-14-24(26)31(39)40-19-20-5-2-1-3-6-20)33-27-7-4-8-28-25(27)15-16-29(34-28)30-18-37(36-35-30)22-10-12-23(38)13-11-22/h1-18,33,38H,19H2. The zero-order valence-electron chi connectivity index (χ0n) is 21.0. The first-order valence-corrected chi connectivity index (χ1v) is 12.8. The molecular weight excluding hydrogens is 526 g/mol. The number of anilines is 2. The van der Waals surface area contributed by atoms with Crippen molar-refractivity contribution in [2.75, 3.05) is 5.32 Å². The number of pyridine rings is 1. The van der Waals surface area contributed by atoms with Crippen LogP contribution in [0.4, 0.5) is 11.4 Å². The molecule has 8 nitrogen and oxygen atoms in total. The van der Waals surface area contributed by atoms with Gasteiger partial charge in [0.2, 0.25) is 0 Å². The first-order valence-electron chi connectivity index (χ1n) is 12.4. The van der Waals surface area contributed by atoms with Crippen LogP contribution in [-0.4, -0.2) is 31.1 Å². The van der Waals surface area contributed by atoms with Crippen LogP contribution in [0.15, 0.2) is 109 Å². The summed E-state index contributed by atoms with van der Waals surface area (Å²) in [5, 5.41) is 22.5. The third-order valence-corrected chi connectivity index (χ3v) is 6.60. The van der Waals surface area contributed by atoms with Crippen molar-refractivity contribution in [2.24, 2.45) is 0 Å². The van der Waals surface area contributed by atoms with Crippen molar-refractivity contribution in [1.82, 2.24) is 20.0 Å². The lowest BCUT2D eigenvalue weighted by Gasteiger charge is -2.12. The molecule has 0 aliphatic heterocycles. The monoisotopic (exact) mass is 547 g/mol. The van der Waals surface area contributed by atoms with Gasteiger partial charge in [-0.1, -0.05) is 53.2 Å². The van der Waals surface area contributed by atoms with Gasteiger partial charge in [-0.25, -0.2) is 14.5 Å². The van der Waals surface area contributed by atoms with E-state index in [2.05, 4.69) is 15.6 Å². The van der Waals surface area contributed by atoms with Gasteiger partial charge in [-0.3, -0.25) is 0 Å². The third kappa shape index (κ3) is 5.34. The van der Waals surface area contributed by atoms with Gasteiger partial charge in [0, 0.05) is 16.8 Å². The molecule has 0 aliphatic carbocycles. The fourth-order valence-corrected chi connectivity index (χ4v) is 4.49. The quantitative estimate of drug-likeness (QED) is 0.209. The van der Waals surface area contributed by atoms with Gasteiger partial charge >= 0.3 is 5.97 Å². The van der Waals surface area contributed by atoms with Crippen molar-refractivity contribution >= 4 is 39.8 Å². The molecule has 4 aromatic carbocycles. The van der Waals surface area contributed by atoms with E-state index in [1.807, 2.05) is 60.7 Å². The molecule has 2 aromatic heterocycles. The van der Waals surface area contributed by atoms with Crippen LogP contribution in [0.3, 0.4) is 0 Å². The number of rotatable bonds is 7. The van der Waals surface area contributed by atoms with Crippen LogP contribution in [0.2, 0.25) is 5.02 Å². The number of ether oxygens (including phenoxy) is 1. The number of halogens is 1. The van der Waals surface area contributed by atoms with Crippen LogP contribution in [0.25, 0.3) is 28.0 Å². The van der Waals surface area contributed by atoms with Gasteiger partial charge < -0.3 is 15.2 Å². The van der Waals surface area contributed by atoms with Crippen LogP contribution in [0.5, 0.6) is 5.75 Å². The van der Waals surface area contributed by atoms with Crippen LogP contribution < -0.4 is 5.32 Å². The average Bonchev–Trinajstić information content (AvgIpc) is 3.47. The summed E-state index contributed by atoms with van der Waals surface area (Å²) in [6.45, 7) is 0.175. The van der Waals surface area contributed by atoms with E-state index in [0.29, 0.717) is 22.0 Å². The lowest BCUT2D eigenvalue weighted by atomic mass is 10.1. The maximum atomic E-state index is 12.6. The first kappa shape index (κ1) is 25.1. The van der Waals surface area contributed by atoms with Crippen LogP contribution in [0.1, 0.15) is 15.9 Å². The normalized spacial score (nSPS) is 10.9. The molecule has 6 rings (SSSR count). The molecule has 0 atom stereocenters. The number of carbonyl (C=O) groups excluding carboxylic acids is 1. The Labute approximate surface area is 234 Å². The molecular formula is C31H22ClN5O3. The Balaban J connectivity index is 1.19. The van der Waals surface area contributed by atoms with Gasteiger partial charge in [0.15, 0.2) is 0 Å². The predicted octanol–water partition coefficient (Wildman–Crippen LogP) is 6.94. The number of hydrogen-bond donors (Lipinski definition) is 2. The number of carbonyl (C=O) groups is 1. The lowest BCUT2D eigenvalue weighted by Crippen LogP contribution is -2.06. The number of nitrogens with one attached hydrogen (secondary N) is 1. The maximum Gasteiger partial charge on any atom is 0.339 e. The number of aromatic hydroxyl groups is 1. The highest BCUT2D eigenvalue weighted by Gasteiger charge is 2.14. The summed E-state index contributed by atoms with van der Waals surface area (Å²) in [5.41, 5.74) is 5.60.